The molecule has 6 heteroatoms. The van der Waals surface area contributed by atoms with Crippen LogP contribution < -0.4 is 0 Å². The molecule has 0 bridgehead atoms. The first kappa shape index (κ1) is 20.1. The van der Waals surface area contributed by atoms with E-state index < -0.39 is 6.17 Å². The van der Waals surface area contributed by atoms with Gasteiger partial charge in [0, 0.05) is 25.6 Å². The lowest BCUT2D eigenvalue weighted by Gasteiger charge is -2.47. The van der Waals surface area contributed by atoms with Crippen molar-refractivity contribution in [1.29, 1.82) is 0 Å². The lowest BCUT2D eigenvalue weighted by atomic mass is 9.64. The molecule has 2 aliphatic carbocycles. The van der Waals surface area contributed by atoms with Crippen molar-refractivity contribution in [1.82, 2.24) is 9.80 Å². The number of hydrogen-bond donors (Lipinski definition) is 0. The fraction of sp³-hybridized carbons (Fsp3) is 0.909. The predicted octanol–water partition coefficient (Wildman–Crippen LogP) is 3.77. The number of halogens is 1. The minimum absolute atomic E-state index is 0.147. The smallest absolute Gasteiger partial charge is 0.219 e. The first-order chi connectivity index (χ1) is 13.5. The summed E-state index contributed by atoms with van der Waals surface area (Å²) in [6, 6.07) is 0.919. The van der Waals surface area contributed by atoms with Crippen LogP contribution in [0.2, 0.25) is 0 Å². The van der Waals surface area contributed by atoms with Crippen LogP contribution in [0.1, 0.15) is 71.6 Å². The van der Waals surface area contributed by atoms with Gasteiger partial charge in [-0.3, -0.25) is 4.79 Å². The van der Waals surface area contributed by atoms with E-state index in [1.165, 1.54) is 5.71 Å². The normalized spacial score (nSPS) is 35.7. The van der Waals surface area contributed by atoms with Crippen LogP contribution in [-0.2, 0) is 9.63 Å². The molecule has 28 heavy (non-hydrogen) atoms. The Kier molecular flexibility index (Phi) is 5.96. The van der Waals surface area contributed by atoms with Gasteiger partial charge in [0.15, 0.2) is 0 Å². The predicted molar refractivity (Wildman–Crippen MR) is 108 cm³/mol. The molecule has 1 spiro atoms. The number of hydrogen-bond acceptors (Lipinski definition) is 4. The topological polar surface area (TPSA) is 45.1 Å². The number of rotatable bonds is 3. The molecule has 2 unspecified atom stereocenters. The van der Waals surface area contributed by atoms with Gasteiger partial charge < -0.3 is 14.6 Å². The number of amides is 1. The minimum Gasteiger partial charge on any atom is -0.396 e. The van der Waals surface area contributed by atoms with Gasteiger partial charge in [0.1, 0.15) is 12.8 Å². The van der Waals surface area contributed by atoms with E-state index in [1.54, 1.807) is 6.92 Å². The van der Waals surface area contributed by atoms with Crippen LogP contribution in [0.15, 0.2) is 5.16 Å². The van der Waals surface area contributed by atoms with E-state index in [0.29, 0.717) is 31.4 Å². The van der Waals surface area contributed by atoms with Gasteiger partial charge in [-0.05, 0) is 89.1 Å². The summed E-state index contributed by atoms with van der Waals surface area (Å²) in [6.07, 6.45) is 8.09. The Morgan fingerprint density at radius 3 is 2.57 bits per heavy atom. The number of piperidine rings is 1. The third kappa shape index (κ3) is 3.81. The molecule has 4 rings (SSSR count). The molecule has 2 saturated carbocycles. The zero-order valence-corrected chi connectivity index (χ0v) is 17.5. The van der Waals surface area contributed by atoms with Gasteiger partial charge in [-0.1, -0.05) is 5.16 Å². The maximum atomic E-state index is 14.2. The highest BCUT2D eigenvalue weighted by atomic mass is 19.1. The average molecular weight is 394 g/mol. The SMILES string of the molecule is CCON=C1CCC(N2CCC3(CC2)CN(C(C)=O)[C@H]2CCC(F)CC23)CC1. The number of oxime groups is 1. The zero-order chi connectivity index (χ0) is 19.7. The molecule has 0 radical (unpaired) electrons. The Bertz CT molecular complexity index is 593. The molecule has 5 nitrogen and oxygen atoms in total. The fourth-order valence-electron chi connectivity index (χ4n) is 6.46. The van der Waals surface area contributed by atoms with E-state index >= 15 is 0 Å². The minimum atomic E-state index is -0.676. The van der Waals surface area contributed by atoms with Gasteiger partial charge in [-0.2, -0.15) is 0 Å². The van der Waals surface area contributed by atoms with Crippen LogP contribution in [0.5, 0.6) is 0 Å². The first-order valence-electron chi connectivity index (χ1n) is 11.4. The largest absolute Gasteiger partial charge is 0.396 e. The summed E-state index contributed by atoms with van der Waals surface area (Å²) in [5, 5.41) is 4.24. The molecule has 4 aliphatic rings. The molecule has 158 valence electrons. The summed E-state index contributed by atoms with van der Waals surface area (Å²) in [7, 11) is 0. The molecule has 0 aromatic carbocycles. The molecule has 1 amide bonds. The van der Waals surface area contributed by atoms with Crippen LogP contribution in [0.25, 0.3) is 0 Å². The Labute approximate surface area is 168 Å². The van der Waals surface area contributed by atoms with Crippen LogP contribution in [-0.4, -0.2) is 65.9 Å². The Morgan fingerprint density at radius 1 is 1.21 bits per heavy atom. The summed E-state index contributed by atoms with van der Waals surface area (Å²) in [5.41, 5.74) is 1.35. The molecular weight excluding hydrogens is 357 g/mol. The molecule has 2 aliphatic heterocycles. The van der Waals surface area contributed by atoms with Crippen molar-refractivity contribution < 1.29 is 14.0 Å². The van der Waals surface area contributed by atoms with Gasteiger partial charge in [0.2, 0.25) is 5.91 Å². The van der Waals surface area contributed by atoms with E-state index in [-0.39, 0.29) is 17.4 Å². The van der Waals surface area contributed by atoms with Gasteiger partial charge in [0.25, 0.3) is 0 Å². The monoisotopic (exact) mass is 393 g/mol. The van der Waals surface area contributed by atoms with Crippen molar-refractivity contribution in [3.8, 4) is 0 Å². The van der Waals surface area contributed by atoms with Crippen LogP contribution in [0.4, 0.5) is 4.39 Å². The molecule has 0 aromatic rings. The Balaban J connectivity index is 1.37. The lowest BCUT2D eigenvalue weighted by Crippen LogP contribution is -2.49. The standard InChI is InChI=1S/C22H36FN3O2/c1-3-28-24-18-5-7-19(8-6-18)25-12-10-22(11-13-25)15-26(16(2)27)21-9-4-17(23)14-20(21)22/h17,19-21H,3-15H2,1-2H3/t17?,19?,20?,21-/m0/s1. The molecule has 3 atom stereocenters. The third-order valence-electron chi connectivity index (χ3n) is 7.99. The van der Waals surface area contributed by atoms with Crippen LogP contribution >= 0.6 is 0 Å². The van der Waals surface area contributed by atoms with Crippen molar-refractivity contribution in [2.45, 2.75) is 89.9 Å². The highest BCUT2D eigenvalue weighted by Crippen LogP contribution is 2.53. The molecule has 0 aromatic heterocycles. The maximum absolute atomic E-state index is 14.2. The number of likely N-dealkylation sites (tertiary alicyclic amines) is 2. The van der Waals surface area contributed by atoms with E-state index in [1.807, 2.05) is 6.92 Å². The summed E-state index contributed by atoms with van der Waals surface area (Å²) >= 11 is 0. The van der Waals surface area contributed by atoms with Gasteiger partial charge in [-0.15, -0.1) is 0 Å². The van der Waals surface area contributed by atoms with E-state index in [4.69, 9.17) is 4.84 Å². The number of nitrogens with zero attached hydrogens (tertiary/aromatic N) is 3. The molecule has 4 fully saturated rings. The maximum Gasteiger partial charge on any atom is 0.219 e. The van der Waals surface area contributed by atoms with Crippen molar-refractivity contribution in [2.75, 3.05) is 26.2 Å². The van der Waals surface area contributed by atoms with Crippen molar-refractivity contribution in [3.63, 3.8) is 0 Å². The highest BCUT2D eigenvalue weighted by molar-refractivity contribution is 5.84. The Hall–Kier alpha value is -1.17. The van der Waals surface area contributed by atoms with Gasteiger partial charge >= 0.3 is 0 Å². The van der Waals surface area contributed by atoms with E-state index in [2.05, 4.69) is 15.0 Å². The zero-order valence-electron chi connectivity index (χ0n) is 17.5. The lowest BCUT2D eigenvalue weighted by molar-refractivity contribution is -0.130. The van der Waals surface area contributed by atoms with Gasteiger partial charge in [-0.25, -0.2) is 4.39 Å². The molecular formula is C22H36FN3O2. The first-order valence-corrected chi connectivity index (χ1v) is 11.4. The third-order valence-corrected chi connectivity index (χ3v) is 7.99. The second kappa shape index (κ2) is 8.29. The number of carbonyl (C=O) groups is 1. The van der Waals surface area contributed by atoms with E-state index in [0.717, 1.165) is 64.6 Å². The second-order valence-electron chi connectivity index (χ2n) is 9.44. The van der Waals surface area contributed by atoms with Crippen LogP contribution in [0, 0.1) is 11.3 Å². The second-order valence-corrected chi connectivity index (χ2v) is 9.44. The highest BCUT2D eigenvalue weighted by Gasteiger charge is 2.55. The van der Waals surface area contributed by atoms with Crippen molar-refractivity contribution in [2.24, 2.45) is 16.5 Å². The van der Waals surface area contributed by atoms with Gasteiger partial charge in [0.05, 0.1) is 5.71 Å². The summed E-state index contributed by atoms with van der Waals surface area (Å²) in [6.45, 7) is 7.34. The fourth-order valence-corrected chi connectivity index (χ4v) is 6.46. The summed E-state index contributed by atoms with van der Waals surface area (Å²) in [4.78, 5) is 22.2. The molecule has 0 N–H and O–H groups in total. The summed E-state index contributed by atoms with van der Waals surface area (Å²) < 4.78 is 14.2. The Morgan fingerprint density at radius 2 is 1.93 bits per heavy atom. The number of fused-ring (bicyclic) bond motifs is 2. The molecule has 2 saturated heterocycles. The molecule has 2 heterocycles. The number of carbonyl (C=O) groups excluding carboxylic acids is 1. The summed E-state index contributed by atoms with van der Waals surface area (Å²) in [5.74, 6) is 0.540. The quantitative estimate of drug-likeness (QED) is 0.686. The van der Waals surface area contributed by atoms with Crippen LogP contribution in [0.3, 0.4) is 0 Å². The van der Waals surface area contributed by atoms with E-state index in [9.17, 15) is 9.18 Å². The van der Waals surface area contributed by atoms with Crippen molar-refractivity contribution in [3.05, 3.63) is 0 Å². The van der Waals surface area contributed by atoms with Crippen molar-refractivity contribution >= 4 is 11.6 Å². The average Bonchev–Trinajstić information content (AvgIpc) is 3.01. The number of alkyl halides is 1.